The van der Waals surface area contributed by atoms with Crippen LogP contribution in [0.4, 0.5) is 0 Å². The number of allylic oxidation sites excluding steroid dienone is 3. The summed E-state index contributed by atoms with van der Waals surface area (Å²) in [6.45, 7) is 0. The van der Waals surface area contributed by atoms with Crippen LogP contribution >= 0.6 is 0 Å². The molecule has 1 aliphatic carbocycles. The van der Waals surface area contributed by atoms with E-state index in [2.05, 4.69) is 0 Å². The molecular weight excluding hydrogens is 104 g/mol. The molecule has 0 spiro atoms. The molecule has 0 aromatic rings. The predicted octanol–water partition coefficient (Wildman–Crippen LogP) is 1.48. The van der Waals surface area contributed by atoms with Gasteiger partial charge < -0.3 is 10.2 Å². The standard InChI is InChI=1S/C6H7O2/c7-5-2-1-3-6(8)4-5/h1-2,4,7-8H,3H2. The largest absolute Gasteiger partial charge is 0.512 e. The summed E-state index contributed by atoms with van der Waals surface area (Å²) >= 11 is 0. The Hall–Kier alpha value is -0.920. The second-order valence-corrected chi connectivity index (χ2v) is 1.67. The first-order valence-electron chi connectivity index (χ1n) is 2.41. The molecule has 2 heteroatoms. The first-order chi connectivity index (χ1) is 3.79. The summed E-state index contributed by atoms with van der Waals surface area (Å²) in [6, 6.07) is 0. The van der Waals surface area contributed by atoms with Gasteiger partial charge >= 0.3 is 0 Å². The molecule has 0 aromatic carbocycles. The first-order valence-corrected chi connectivity index (χ1v) is 2.41. The molecule has 0 saturated carbocycles. The lowest BCUT2D eigenvalue weighted by molar-refractivity contribution is 0.375. The molecule has 0 atom stereocenters. The Labute approximate surface area is 47.8 Å². The number of rotatable bonds is 0. The van der Waals surface area contributed by atoms with Gasteiger partial charge in [-0.1, -0.05) is 0 Å². The van der Waals surface area contributed by atoms with Crippen molar-refractivity contribution in [3.63, 3.8) is 0 Å². The molecule has 8 heavy (non-hydrogen) atoms. The maximum absolute atomic E-state index is 8.71. The molecule has 1 rings (SSSR count). The summed E-state index contributed by atoms with van der Waals surface area (Å²) in [5.74, 6) is 0.332. The summed E-state index contributed by atoms with van der Waals surface area (Å²) in [7, 11) is 0. The van der Waals surface area contributed by atoms with Crippen LogP contribution in [0.2, 0.25) is 0 Å². The monoisotopic (exact) mass is 111 g/mol. The fourth-order valence-electron chi connectivity index (χ4n) is 0.578. The Morgan fingerprint density at radius 3 is 2.50 bits per heavy atom. The van der Waals surface area contributed by atoms with Crippen LogP contribution in [0.1, 0.15) is 6.42 Å². The second kappa shape index (κ2) is 1.90. The van der Waals surface area contributed by atoms with E-state index in [0.717, 1.165) is 0 Å². The molecule has 1 radical (unpaired) electrons. The van der Waals surface area contributed by atoms with Crippen molar-refractivity contribution in [2.75, 3.05) is 0 Å². The minimum absolute atomic E-state index is 0.119. The lowest BCUT2D eigenvalue weighted by atomic mass is 10.1. The van der Waals surface area contributed by atoms with Crippen LogP contribution in [-0.4, -0.2) is 10.2 Å². The Balaban J connectivity index is 2.69. The quantitative estimate of drug-likeness (QED) is 0.497. The number of aliphatic hydroxyl groups excluding tert-OH is 2. The highest BCUT2D eigenvalue weighted by atomic mass is 16.3. The lowest BCUT2D eigenvalue weighted by Gasteiger charge is -2.01. The molecule has 2 N–H and O–H groups in total. The maximum Gasteiger partial charge on any atom is 0.115 e. The first kappa shape index (κ1) is 5.22. The van der Waals surface area contributed by atoms with E-state index in [1.165, 1.54) is 6.08 Å². The van der Waals surface area contributed by atoms with Gasteiger partial charge in [-0.2, -0.15) is 0 Å². The summed E-state index contributed by atoms with van der Waals surface area (Å²) in [5, 5.41) is 17.4. The third-order valence-corrected chi connectivity index (χ3v) is 0.930. The van der Waals surface area contributed by atoms with E-state index in [1.807, 2.05) is 0 Å². The summed E-state index contributed by atoms with van der Waals surface area (Å²) in [5.41, 5.74) is 0. The van der Waals surface area contributed by atoms with Crippen LogP contribution < -0.4 is 0 Å². The summed E-state index contributed by atoms with van der Waals surface area (Å²) in [4.78, 5) is 0. The molecular formula is C6H7O2. The van der Waals surface area contributed by atoms with E-state index >= 15 is 0 Å². The van der Waals surface area contributed by atoms with Gasteiger partial charge in [0.05, 0.1) is 5.76 Å². The molecule has 0 heterocycles. The number of hydrogen-bond donors (Lipinski definition) is 2. The van der Waals surface area contributed by atoms with Gasteiger partial charge in [0.15, 0.2) is 0 Å². The second-order valence-electron chi connectivity index (χ2n) is 1.67. The van der Waals surface area contributed by atoms with Crippen LogP contribution in [-0.2, 0) is 0 Å². The Kier molecular flexibility index (Phi) is 1.24. The van der Waals surface area contributed by atoms with Crippen molar-refractivity contribution in [3.05, 3.63) is 30.1 Å². The van der Waals surface area contributed by atoms with E-state index in [9.17, 15) is 0 Å². The zero-order valence-electron chi connectivity index (χ0n) is 4.33. The van der Waals surface area contributed by atoms with E-state index in [-0.39, 0.29) is 11.5 Å². The third-order valence-electron chi connectivity index (χ3n) is 0.930. The van der Waals surface area contributed by atoms with Gasteiger partial charge in [-0.15, -0.1) is 0 Å². The molecule has 0 bridgehead atoms. The number of aliphatic hydroxyl groups is 2. The van der Waals surface area contributed by atoms with E-state index < -0.39 is 0 Å². The van der Waals surface area contributed by atoms with Crippen molar-refractivity contribution < 1.29 is 10.2 Å². The van der Waals surface area contributed by atoms with E-state index in [0.29, 0.717) is 6.42 Å². The van der Waals surface area contributed by atoms with Crippen molar-refractivity contribution in [2.45, 2.75) is 6.42 Å². The zero-order chi connectivity index (χ0) is 5.98. The highest BCUT2D eigenvalue weighted by Gasteiger charge is 1.99. The Morgan fingerprint density at radius 1 is 1.38 bits per heavy atom. The van der Waals surface area contributed by atoms with Crippen molar-refractivity contribution in [1.82, 2.24) is 0 Å². The lowest BCUT2D eigenvalue weighted by Crippen LogP contribution is -1.90. The average Bonchev–Trinajstić information content (AvgIpc) is 1.64. The van der Waals surface area contributed by atoms with Crippen LogP contribution in [0.5, 0.6) is 0 Å². The average molecular weight is 111 g/mol. The van der Waals surface area contributed by atoms with Crippen molar-refractivity contribution in [1.29, 1.82) is 0 Å². The summed E-state index contributed by atoms with van der Waals surface area (Å²) in [6.07, 6.45) is 5.12. The molecule has 0 amide bonds. The SMILES string of the molecule is OC1=C[CH]CC(O)=C1. The van der Waals surface area contributed by atoms with Crippen molar-refractivity contribution in [2.24, 2.45) is 0 Å². The van der Waals surface area contributed by atoms with E-state index in [4.69, 9.17) is 10.2 Å². The van der Waals surface area contributed by atoms with Gasteiger partial charge in [0.25, 0.3) is 0 Å². The van der Waals surface area contributed by atoms with Crippen LogP contribution in [0.3, 0.4) is 0 Å². The molecule has 0 fully saturated rings. The predicted molar refractivity (Wildman–Crippen MR) is 30.3 cm³/mol. The molecule has 0 unspecified atom stereocenters. The number of hydrogen-bond acceptors (Lipinski definition) is 2. The van der Waals surface area contributed by atoms with Gasteiger partial charge in [0, 0.05) is 12.5 Å². The minimum Gasteiger partial charge on any atom is -0.512 e. The smallest absolute Gasteiger partial charge is 0.115 e. The Morgan fingerprint density at radius 2 is 2.12 bits per heavy atom. The molecule has 43 valence electrons. The van der Waals surface area contributed by atoms with E-state index in [1.54, 1.807) is 12.5 Å². The zero-order valence-corrected chi connectivity index (χ0v) is 4.33. The summed E-state index contributed by atoms with van der Waals surface area (Å²) < 4.78 is 0. The van der Waals surface area contributed by atoms with Gasteiger partial charge in [-0.3, -0.25) is 0 Å². The highest BCUT2D eigenvalue weighted by Crippen LogP contribution is 2.10. The Bertz CT molecular complexity index is 145. The van der Waals surface area contributed by atoms with Crippen LogP contribution in [0.15, 0.2) is 23.7 Å². The highest BCUT2D eigenvalue weighted by molar-refractivity contribution is 5.23. The fraction of sp³-hybridized carbons (Fsp3) is 0.167. The molecule has 0 aliphatic heterocycles. The van der Waals surface area contributed by atoms with Gasteiger partial charge in [-0.25, -0.2) is 0 Å². The van der Waals surface area contributed by atoms with Gasteiger partial charge in [0.2, 0.25) is 0 Å². The topological polar surface area (TPSA) is 40.5 Å². The molecule has 0 saturated heterocycles. The third kappa shape index (κ3) is 1.03. The maximum atomic E-state index is 8.71. The molecule has 0 aromatic heterocycles. The van der Waals surface area contributed by atoms with Gasteiger partial charge in [0.1, 0.15) is 5.76 Å². The van der Waals surface area contributed by atoms with Crippen LogP contribution in [0, 0.1) is 6.42 Å². The van der Waals surface area contributed by atoms with Crippen LogP contribution in [0.25, 0.3) is 0 Å². The van der Waals surface area contributed by atoms with Gasteiger partial charge in [-0.05, 0) is 12.5 Å². The molecule has 2 nitrogen and oxygen atoms in total. The fourth-order valence-corrected chi connectivity index (χ4v) is 0.578. The molecule has 1 aliphatic rings. The van der Waals surface area contributed by atoms with Crippen molar-refractivity contribution >= 4 is 0 Å². The normalized spacial score (nSPS) is 19.5. The van der Waals surface area contributed by atoms with Crippen molar-refractivity contribution in [3.8, 4) is 0 Å². The minimum atomic E-state index is 0.119.